The Morgan fingerprint density at radius 2 is 2.06 bits per heavy atom. The van der Waals surface area contributed by atoms with Crippen molar-refractivity contribution < 1.29 is 26.5 Å². The Hall–Kier alpha value is -1.81. The largest absolute Gasteiger partial charge is 1.00 e. The summed E-state index contributed by atoms with van der Waals surface area (Å²) in [5, 5.41) is 0. The highest BCUT2D eigenvalue weighted by molar-refractivity contribution is 5.89. The molecule has 0 saturated carbocycles. The number of hydrogen-bond acceptors (Lipinski definition) is 2. The molecule has 4 nitrogen and oxygen atoms in total. The van der Waals surface area contributed by atoms with E-state index in [0.29, 0.717) is 5.56 Å². The van der Waals surface area contributed by atoms with Crippen LogP contribution in [0.1, 0.15) is 10.4 Å². The summed E-state index contributed by atoms with van der Waals surface area (Å²) in [6, 6.07) is 8.96. The summed E-state index contributed by atoms with van der Waals surface area (Å²) in [7, 11) is 1.91. The normalized spacial score (nSPS) is 9.47. The number of nitrogens with zero attached hydrogens (tertiary/aromatic N) is 2. The second kappa shape index (κ2) is 6.06. The lowest BCUT2D eigenvalue weighted by atomic mass is 10.2. The van der Waals surface area contributed by atoms with Crippen molar-refractivity contribution >= 4 is 5.97 Å². The van der Waals surface area contributed by atoms with Crippen molar-refractivity contribution in [3.05, 3.63) is 54.6 Å². The van der Waals surface area contributed by atoms with Gasteiger partial charge < -0.3 is 17.1 Å². The summed E-state index contributed by atoms with van der Waals surface area (Å²) in [5.74, 6) is -0.308. The van der Waals surface area contributed by atoms with Crippen LogP contribution in [0.2, 0.25) is 0 Å². The molecule has 0 fully saturated rings. The van der Waals surface area contributed by atoms with Crippen molar-refractivity contribution in [2.24, 2.45) is 7.05 Å². The predicted molar refractivity (Wildman–Crippen MR) is 57.5 cm³/mol. The molecule has 0 atom stereocenters. The fourth-order valence-corrected chi connectivity index (χ4v) is 1.37. The number of aryl methyl sites for hydroxylation is 1. The molecule has 2 aromatic rings. The predicted octanol–water partition coefficient (Wildman–Crippen LogP) is -1.87. The summed E-state index contributed by atoms with van der Waals surface area (Å²) >= 11 is 0. The van der Waals surface area contributed by atoms with Gasteiger partial charge in [0, 0.05) is 0 Å². The summed E-state index contributed by atoms with van der Waals surface area (Å²) in [4.78, 5) is 11.6. The van der Waals surface area contributed by atoms with Crippen LogP contribution in [-0.4, -0.2) is 10.5 Å². The summed E-state index contributed by atoms with van der Waals surface area (Å²) < 4.78 is 8.82. The third-order valence-electron chi connectivity index (χ3n) is 2.18. The second-order valence-corrected chi connectivity index (χ2v) is 3.52. The maximum Gasteiger partial charge on any atom is 0.341 e. The molecule has 0 bridgehead atoms. The maximum atomic E-state index is 11.6. The van der Waals surface area contributed by atoms with Gasteiger partial charge in [0.15, 0.2) is 0 Å². The summed E-state index contributed by atoms with van der Waals surface area (Å²) in [5.41, 5.74) is 0.569. The fourth-order valence-electron chi connectivity index (χ4n) is 1.37. The molecule has 0 unspecified atom stereocenters. The molecule has 1 aromatic carbocycles. The molecule has 0 radical (unpaired) electrons. The highest BCUT2D eigenvalue weighted by atomic mass is 35.5. The molecule has 1 heterocycles. The second-order valence-electron chi connectivity index (χ2n) is 3.52. The van der Waals surface area contributed by atoms with Gasteiger partial charge >= 0.3 is 5.97 Å². The van der Waals surface area contributed by atoms with Crippen LogP contribution in [0.5, 0.6) is 0 Å². The quantitative estimate of drug-likeness (QED) is 0.474. The molecule has 0 N–H and O–H groups in total. The van der Waals surface area contributed by atoms with E-state index in [4.69, 9.17) is 4.74 Å². The zero-order valence-electron chi connectivity index (χ0n) is 9.41. The number of ether oxygens (including phenoxy) is 1. The number of hydrogen-bond donors (Lipinski definition) is 0. The van der Waals surface area contributed by atoms with Crippen LogP contribution in [0.15, 0.2) is 49.1 Å². The first kappa shape index (κ1) is 13.3. The Balaban J connectivity index is 0.00000144. The molecule has 0 amide bonds. The minimum absolute atomic E-state index is 0. The van der Waals surface area contributed by atoms with E-state index >= 15 is 0 Å². The fraction of sp³-hybridized carbons (Fsp3) is 0.167. The van der Waals surface area contributed by atoms with Crippen LogP contribution in [0.3, 0.4) is 0 Å². The Morgan fingerprint density at radius 1 is 1.35 bits per heavy atom. The van der Waals surface area contributed by atoms with Crippen LogP contribution in [0, 0.1) is 0 Å². The van der Waals surface area contributed by atoms with E-state index in [0.717, 1.165) is 0 Å². The van der Waals surface area contributed by atoms with E-state index in [-0.39, 0.29) is 25.1 Å². The lowest BCUT2D eigenvalue weighted by molar-refractivity contribution is -0.671. The minimum atomic E-state index is -0.308. The summed E-state index contributed by atoms with van der Waals surface area (Å²) in [6.07, 6.45) is 5.58. The first-order chi connectivity index (χ1) is 7.75. The molecule has 1 aromatic heterocycles. The van der Waals surface area contributed by atoms with Crippen LogP contribution in [-0.2, 0) is 18.5 Å². The van der Waals surface area contributed by atoms with Gasteiger partial charge in [0.25, 0.3) is 0 Å². The van der Waals surface area contributed by atoms with Gasteiger partial charge in [-0.25, -0.2) is 13.9 Å². The molecule has 90 valence electrons. The third-order valence-corrected chi connectivity index (χ3v) is 2.18. The topological polar surface area (TPSA) is 35.1 Å². The summed E-state index contributed by atoms with van der Waals surface area (Å²) in [6.45, 7) is 0.231. The van der Waals surface area contributed by atoms with Crippen LogP contribution < -0.4 is 17.0 Å². The standard InChI is InChI=1S/C12H13N2O2.ClH/c1-13-7-8-14(9-13)10-16-12(15)11-5-3-2-4-6-11;/h2-9H,10H2,1H3;1H/q+1;/p-1. The van der Waals surface area contributed by atoms with E-state index in [1.807, 2.05) is 48.5 Å². The molecule has 0 aliphatic heterocycles. The van der Waals surface area contributed by atoms with Gasteiger partial charge in [-0.05, 0) is 12.1 Å². The average Bonchev–Trinajstić information content (AvgIpc) is 2.73. The van der Waals surface area contributed by atoms with Crippen molar-refractivity contribution in [1.29, 1.82) is 0 Å². The Bertz CT molecular complexity index is 482. The molecule has 5 heteroatoms. The molecule has 2 rings (SSSR count). The monoisotopic (exact) mass is 252 g/mol. The lowest BCUT2D eigenvalue weighted by Gasteiger charge is -2.01. The zero-order chi connectivity index (χ0) is 11.4. The van der Waals surface area contributed by atoms with Gasteiger partial charge in [-0.3, -0.25) is 0 Å². The molecular formula is C12H13ClN2O2. The van der Waals surface area contributed by atoms with Gasteiger partial charge in [0.2, 0.25) is 13.1 Å². The van der Waals surface area contributed by atoms with Gasteiger partial charge in [-0.2, -0.15) is 0 Å². The molecular weight excluding hydrogens is 240 g/mol. The number of imidazole rings is 1. The molecule has 17 heavy (non-hydrogen) atoms. The van der Waals surface area contributed by atoms with Crippen molar-refractivity contribution in [3.8, 4) is 0 Å². The van der Waals surface area contributed by atoms with Crippen molar-refractivity contribution in [3.63, 3.8) is 0 Å². The Kier molecular flexibility index (Phi) is 4.72. The number of esters is 1. The highest BCUT2D eigenvalue weighted by Gasteiger charge is 2.07. The maximum absolute atomic E-state index is 11.6. The molecule has 0 saturated heterocycles. The zero-order valence-corrected chi connectivity index (χ0v) is 10.2. The van der Waals surface area contributed by atoms with Crippen LogP contribution in [0.4, 0.5) is 0 Å². The number of carbonyl (C=O) groups is 1. The third kappa shape index (κ3) is 3.60. The van der Waals surface area contributed by atoms with Gasteiger partial charge in [-0.1, -0.05) is 18.2 Å². The van der Waals surface area contributed by atoms with Crippen molar-refractivity contribution in [1.82, 2.24) is 4.57 Å². The smallest absolute Gasteiger partial charge is 0.341 e. The molecule has 0 spiro atoms. The molecule has 0 aliphatic carbocycles. The first-order valence-corrected chi connectivity index (χ1v) is 4.99. The van der Waals surface area contributed by atoms with E-state index in [2.05, 4.69) is 0 Å². The van der Waals surface area contributed by atoms with E-state index in [1.54, 1.807) is 16.7 Å². The van der Waals surface area contributed by atoms with Crippen LogP contribution in [0.25, 0.3) is 0 Å². The van der Waals surface area contributed by atoms with Crippen LogP contribution >= 0.6 is 0 Å². The number of benzene rings is 1. The number of aromatic nitrogens is 2. The number of halogens is 1. The minimum Gasteiger partial charge on any atom is -1.00 e. The van der Waals surface area contributed by atoms with Crippen molar-refractivity contribution in [2.75, 3.05) is 0 Å². The van der Waals surface area contributed by atoms with Gasteiger partial charge in [-0.15, -0.1) is 0 Å². The van der Waals surface area contributed by atoms with Crippen molar-refractivity contribution in [2.45, 2.75) is 6.73 Å². The van der Waals surface area contributed by atoms with Gasteiger partial charge in [0.1, 0.15) is 12.4 Å². The lowest BCUT2D eigenvalue weighted by Crippen LogP contribution is -3.00. The first-order valence-electron chi connectivity index (χ1n) is 4.99. The number of rotatable bonds is 3. The highest BCUT2D eigenvalue weighted by Crippen LogP contribution is 2.01. The van der Waals surface area contributed by atoms with E-state index in [9.17, 15) is 4.79 Å². The number of carbonyl (C=O) groups excluding carboxylic acids is 1. The van der Waals surface area contributed by atoms with Gasteiger partial charge in [0.05, 0.1) is 12.6 Å². The van der Waals surface area contributed by atoms with E-state index in [1.165, 1.54) is 0 Å². The van der Waals surface area contributed by atoms with E-state index < -0.39 is 0 Å². The SMILES string of the molecule is C[n+]1ccn(COC(=O)c2ccccc2)c1.[Cl-]. The Labute approximate surface area is 106 Å². The Morgan fingerprint density at radius 3 is 2.65 bits per heavy atom. The average molecular weight is 253 g/mol. The molecule has 0 aliphatic rings.